The zero-order valence-electron chi connectivity index (χ0n) is 12.1. The number of unbranched alkanes of at least 4 members (excludes halogenated alkanes) is 1. The summed E-state index contributed by atoms with van der Waals surface area (Å²) in [5.74, 6) is 0.804. The van der Waals surface area contributed by atoms with Gasteiger partial charge in [0.05, 0.1) is 11.9 Å². The van der Waals surface area contributed by atoms with Crippen LogP contribution in [0.15, 0.2) is 24.5 Å². The average Bonchev–Trinajstić information content (AvgIpc) is 2.38. The number of hydrogen-bond donors (Lipinski definition) is 1. The summed E-state index contributed by atoms with van der Waals surface area (Å²) in [6, 6.07) is 3.66. The molecule has 0 saturated heterocycles. The molecule has 1 N–H and O–H groups in total. The smallest absolute Gasteiger partial charge is 0.224 e. The molecule has 1 heterocycles. The summed E-state index contributed by atoms with van der Waals surface area (Å²) in [4.78, 5) is 15.5. The van der Waals surface area contributed by atoms with E-state index in [0.29, 0.717) is 6.42 Å². The quantitative estimate of drug-likeness (QED) is 0.766. The van der Waals surface area contributed by atoms with E-state index in [1.807, 2.05) is 26.0 Å². The second-order valence-corrected chi connectivity index (χ2v) is 4.43. The Balaban J connectivity index is 0.00000137. The van der Waals surface area contributed by atoms with Gasteiger partial charge in [-0.05, 0) is 24.5 Å². The van der Waals surface area contributed by atoms with Crippen molar-refractivity contribution in [3.8, 4) is 0 Å². The molecule has 3 nitrogen and oxygen atoms in total. The monoisotopic (exact) mass is 250 g/mol. The van der Waals surface area contributed by atoms with Crippen LogP contribution in [0.5, 0.6) is 0 Å². The molecule has 0 aliphatic carbocycles. The molecule has 1 amide bonds. The number of rotatable bonds is 6. The van der Waals surface area contributed by atoms with Crippen molar-refractivity contribution in [1.29, 1.82) is 0 Å². The molecule has 102 valence electrons. The lowest BCUT2D eigenvalue weighted by molar-refractivity contribution is -0.116. The molecule has 1 aromatic rings. The van der Waals surface area contributed by atoms with Crippen LogP contribution in [-0.4, -0.2) is 10.9 Å². The number of aromatic nitrogens is 1. The summed E-state index contributed by atoms with van der Waals surface area (Å²) in [6.45, 7) is 8.41. The first kappa shape index (κ1) is 16.6. The number of carbonyl (C=O) groups excluding carboxylic acids is 1. The molecule has 0 saturated carbocycles. The van der Waals surface area contributed by atoms with Crippen LogP contribution in [-0.2, 0) is 4.79 Å². The Hall–Kier alpha value is -1.38. The van der Waals surface area contributed by atoms with Gasteiger partial charge in [0.15, 0.2) is 0 Å². The van der Waals surface area contributed by atoms with E-state index in [4.69, 9.17) is 0 Å². The highest BCUT2D eigenvalue weighted by molar-refractivity contribution is 5.90. The van der Waals surface area contributed by atoms with E-state index in [2.05, 4.69) is 24.1 Å². The van der Waals surface area contributed by atoms with Crippen LogP contribution in [0.1, 0.15) is 53.4 Å². The molecule has 18 heavy (non-hydrogen) atoms. The first-order chi connectivity index (χ1) is 8.68. The van der Waals surface area contributed by atoms with E-state index >= 15 is 0 Å². The summed E-state index contributed by atoms with van der Waals surface area (Å²) in [5.41, 5.74) is 0.774. The number of nitrogens with zero attached hydrogens (tertiary/aromatic N) is 1. The third-order valence-corrected chi connectivity index (χ3v) is 2.38. The van der Waals surface area contributed by atoms with Crippen LogP contribution in [0.25, 0.3) is 0 Å². The molecular formula is C15H26N2O. The minimum atomic E-state index is 0.0803. The predicted octanol–water partition coefficient (Wildman–Crippen LogP) is 4.26. The van der Waals surface area contributed by atoms with Crippen LogP contribution in [0, 0.1) is 5.92 Å². The maximum Gasteiger partial charge on any atom is 0.224 e. The van der Waals surface area contributed by atoms with Gasteiger partial charge in [-0.15, -0.1) is 0 Å². The minimum absolute atomic E-state index is 0.0803. The second kappa shape index (κ2) is 10.8. The largest absolute Gasteiger partial charge is 0.325 e. The van der Waals surface area contributed by atoms with Crippen LogP contribution in [0.4, 0.5) is 5.69 Å². The number of amides is 1. The van der Waals surface area contributed by atoms with Crippen molar-refractivity contribution in [2.24, 2.45) is 5.92 Å². The average molecular weight is 250 g/mol. The van der Waals surface area contributed by atoms with Gasteiger partial charge in [0.1, 0.15) is 0 Å². The van der Waals surface area contributed by atoms with Crippen LogP contribution < -0.4 is 5.32 Å². The molecule has 0 bridgehead atoms. The van der Waals surface area contributed by atoms with Crippen molar-refractivity contribution in [2.75, 3.05) is 5.32 Å². The van der Waals surface area contributed by atoms with Crippen LogP contribution in [0.2, 0.25) is 0 Å². The predicted molar refractivity (Wildman–Crippen MR) is 77.5 cm³/mol. The molecule has 0 fully saturated rings. The lowest BCUT2D eigenvalue weighted by Gasteiger charge is -2.05. The Bertz CT molecular complexity index is 310. The molecule has 3 heteroatoms. The molecule has 0 aromatic carbocycles. The molecule has 1 aromatic heterocycles. The number of nitrogens with one attached hydrogen (secondary N) is 1. The fourth-order valence-electron chi connectivity index (χ4n) is 1.50. The van der Waals surface area contributed by atoms with E-state index in [1.54, 1.807) is 12.4 Å². The highest BCUT2D eigenvalue weighted by Crippen LogP contribution is 2.09. The Morgan fingerprint density at radius 3 is 2.61 bits per heavy atom. The first-order valence-electron chi connectivity index (χ1n) is 6.88. The van der Waals surface area contributed by atoms with Crippen LogP contribution >= 0.6 is 0 Å². The van der Waals surface area contributed by atoms with Gasteiger partial charge >= 0.3 is 0 Å². The molecule has 1 rings (SSSR count). The maximum atomic E-state index is 11.5. The topological polar surface area (TPSA) is 42.0 Å². The summed E-state index contributed by atoms with van der Waals surface area (Å²) in [6.07, 6.45) is 7.23. The van der Waals surface area contributed by atoms with Crippen molar-refractivity contribution in [3.63, 3.8) is 0 Å². The third-order valence-electron chi connectivity index (χ3n) is 2.38. The summed E-state index contributed by atoms with van der Waals surface area (Å²) in [5, 5.41) is 2.83. The molecule has 0 aliphatic heterocycles. The summed E-state index contributed by atoms with van der Waals surface area (Å²) < 4.78 is 0. The number of pyridine rings is 1. The molecule has 0 radical (unpaired) electrons. The van der Waals surface area contributed by atoms with E-state index in [9.17, 15) is 4.79 Å². The van der Waals surface area contributed by atoms with E-state index in [1.165, 1.54) is 6.42 Å². The normalized spacial score (nSPS) is 9.61. The highest BCUT2D eigenvalue weighted by atomic mass is 16.1. The fourth-order valence-corrected chi connectivity index (χ4v) is 1.50. The first-order valence-corrected chi connectivity index (χ1v) is 6.88. The van der Waals surface area contributed by atoms with Crippen molar-refractivity contribution in [3.05, 3.63) is 24.5 Å². The highest BCUT2D eigenvalue weighted by Gasteiger charge is 2.02. The maximum absolute atomic E-state index is 11.5. The van der Waals surface area contributed by atoms with Crippen molar-refractivity contribution in [1.82, 2.24) is 4.98 Å². The van der Waals surface area contributed by atoms with Gasteiger partial charge in [-0.25, -0.2) is 0 Å². The third kappa shape index (κ3) is 8.74. The SMILES string of the molecule is CC.CC(C)CCCCC(=O)Nc1cccnc1. The fraction of sp³-hybridized carbons (Fsp3) is 0.600. The van der Waals surface area contributed by atoms with Crippen molar-refractivity contribution in [2.45, 2.75) is 53.4 Å². The van der Waals surface area contributed by atoms with Gasteiger partial charge in [0, 0.05) is 12.6 Å². The summed E-state index contributed by atoms with van der Waals surface area (Å²) >= 11 is 0. The standard InChI is InChI=1S/C13H20N2O.C2H6/c1-11(2)6-3-4-8-13(16)15-12-7-5-9-14-10-12;1-2/h5,7,9-11H,3-4,6,8H2,1-2H3,(H,15,16);1-2H3. The lowest BCUT2D eigenvalue weighted by atomic mass is 10.1. The zero-order valence-corrected chi connectivity index (χ0v) is 12.1. The van der Waals surface area contributed by atoms with Crippen molar-refractivity contribution < 1.29 is 4.79 Å². The molecular weight excluding hydrogens is 224 g/mol. The van der Waals surface area contributed by atoms with Crippen LogP contribution in [0.3, 0.4) is 0 Å². The molecule has 0 spiro atoms. The number of carbonyl (C=O) groups is 1. The second-order valence-electron chi connectivity index (χ2n) is 4.43. The van der Waals surface area contributed by atoms with Gasteiger partial charge in [-0.1, -0.05) is 40.5 Å². The van der Waals surface area contributed by atoms with Gasteiger partial charge in [-0.3, -0.25) is 9.78 Å². The Morgan fingerprint density at radius 2 is 2.06 bits per heavy atom. The Labute approximate surface area is 111 Å². The molecule has 0 aliphatic rings. The van der Waals surface area contributed by atoms with E-state index < -0.39 is 0 Å². The Kier molecular flexibility index (Phi) is 9.93. The number of anilines is 1. The molecule has 0 unspecified atom stereocenters. The minimum Gasteiger partial charge on any atom is -0.325 e. The van der Waals surface area contributed by atoms with Gasteiger partial charge in [0.2, 0.25) is 5.91 Å². The summed E-state index contributed by atoms with van der Waals surface area (Å²) in [7, 11) is 0. The van der Waals surface area contributed by atoms with E-state index in [0.717, 1.165) is 24.4 Å². The zero-order chi connectivity index (χ0) is 13.8. The van der Waals surface area contributed by atoms with Gasteiger partial charge < -0.3 is 5.32 Å². The van der Waals surface area contributed by atoms with Crippen molar-refractivity contribution >= 4 is 11.6 Å². The lowest BCUT2D eigenvalue weighted by Crippen LogP contribution is -2.11. The van der Waals surface area contributed by atoms with Gasteiger partial charge in [-0.2, -0.15) is 0 Å². The van der Waals surface area contributed by atoms with Gasteiger partial charge in [0.25, 0.3) is 0 Å². The Morgan fingerprint density at radius 1 is 1.33 bits per heavy atom. The van der Waals surface area contributed by atoms with E-state index in [-0.39, 0.29) is 5.91 Å². The molecule has 0 atom stereocenters. The number of hydrogen-bond acceptors (Lipinski definition) is 2.